The predicted octanol–water partition coefficient (Wildman–Crippen LogP) is 0.882. The fraction of sp³-hybridized carbons (Fsp3) is 0.538. The largest absolute Gasteiger partial charge is 0.338 e. The Hall–Kier alpha value is -1.42. The zero-order valence-corrected chi connectivity index (χ0v) is 10.2. The van der Waals surface area contributed by atoms with Gasteiger partial charge in [-0.1, -0.05) is 6.07 Å². The van der Waals surface area contributed by atoms with Gasteiger partial charge in [0.05, 0.1) is 12.1 Å². The normalized spacial score (nSPS) is 19.6. The number of hydrogen-bond acceptors (Lipinski definition) is 3. The van der Waals surface area contributed by atoms with Gasteiger partial charge in [0.25, 0.3) is 0 Å². The molecule has 0 aliphatic carbocycles. The molecule has 1 amide bonds. The monoisotopic (exact) mass is 233 g/mol. The van der Waals surface area contributed by atoms with Crippen molar-refractivity contribution in [2.45, 2.75) is 32.2 Å². The summed E-state index contributed by atoms with van der Waals surface area (Å²) in [7, 11) is 0. The maximum absolute atomic E-state index is 12.2. The molecule has 2 heterocycles. The Morgan fingerprint density at radius 3 is 3.18 bits per heavy atom. The molecule has 0 spiro atoms. The summed E-state index contributed by atoms with van der Waals surface area (Å²) in [6, 6.07) is 4.11. The van der Waals surface area contributed by atoms with Gasteiger partial charge in [-0.3, -0.25) is 9.78 Å². The van der Waals surface area contributed by atoms with E-state index in [-0.39, 0.29) is 11.9 Å². The van der Waals surface area contributed by atoms with Gasteiger partial charge in [-0.05, 0) is 31.4 Å². The third kappa shape index (κ3) is 2.64. The van der Waals surface area contributed by atoms with Gasteiger partial charge in [0.1, 0.15) is 0 Å². The molecule has 1 aromatic heterocycles. The predicted molar refractivity (Wildman–Crippen MR) is 66.5 cm³/mol. The Bertz CT molecular complexity index is 405. The summed E-state index contributed by atoms with van der Waals surface area (Å²) in [5.74, 6) is 0.153. The molecule has 92 valence electrons. The van der Waals surface area contributed by atoms with E-state index < -0.39 is 0 Å². The Labute approximate surface area is 102 Å². The Balaban J connectivity index is 2.04. The summed E-state index contributed by atoms with van der Waals surface area (Å²) in [5.41, 5.74) is 7.62. The van der Waals surface area contributed by atoms with Crippen LogP contribution in [-0.2, 0) is 11.2 Å². The number of aryl methyl sites for hydroxylation is 1. The van der Waals surface area contributed by atoms with Crippen LogP contribution in [0.2, 0.25) is 0 Å². The minimum atomic E-state index is 0.153. The van der Waals surface area contributed by atoms with E-state index in [0.717, 1.165) is 30.6 Å². The van der Waals surface area contributed by atoms with Crippen LogP contribution in [0.25, 0.3) is 0 Å². The molecule has 0 aromatic carbocycles. The van der Waals surface area contributed by atoms with Crippen LogP contribution in [0.1, 0.15) is 24.1 Å². The van der Waals surface area contributed by atoms with Crippen LogP contribution in [0.3, 0.4) is 0 Å². The lowest BCUT2D eigenvalue weighted by Gasteiger charge is -2.23. The fourth-order valence-corrected chi connectivity index (χ4v) is 2.36. The van der Waals surface area contributed by atoms with Crippen molar-refractivity contribution in [1.29, 1.82) is 0 Å². The van der Waals surface area contributed by atoms with Crippen molar-refractivity contribution >= 4 is 5.91 Å². The van der Waals surface area contributed by atoms with E-state index in [0.29, 0.717) is 13.0 Å². The Kier molecular flexibility index (Phi) is 3.74. The van der Waals surface area contributed by atoms with Gasteiger partial charge in [0.2, 0.25) is 5.91 Å². The first kappa shape index (κ1) is 12.0. The molecular formula is C13H19N3O. The summed E-state index contributed by atoms with van der Waals surface area (Å²) in [6.07, 6.45) is 4.22. The molecule has 1 aliphatic heterocycles. The van der Waals surface area contributed by atoms with E-state index in [1.165, 1.54) is 0 Å². The topological polar surface area (TPSA) is 59.2 Å². The average Bonchev–Trinajstić information content (AvgIpc) is 2.80. The first-order valence-electron chi connectivity index (χ1n) is 6.12. The lowest BCUT2D eigenvalue weighted by atomic mass is 10.1. The van der Waals surface area contributed by atoms with Crippen LogP contribution in [0, 0.1) is 6.92 Å². The third-order valence-corrected chi connectivity index (χ3v) is 3.41. The molecule has 17 heavy (non-hydrogen) atoms. The minimum absolute atomic E-state index is 0.153. The molecule has 0 bridgehead atoms. The highest BCUT2D eigenvalue weighted by Gasteiger charge is 2.27. The van der Waals surface area contributed by atoms with Gasteiger partial charge in [0.15, 0.2) is 0 Å². The molecule has 4 nitrogen and oxygen atoms in total. The van der Waals surface area contributed by atoms with Gasteiger partial charge in [0, 0.05) is 25.3 Å². The average molecular weight is 233 g/mol. The number of rotatable bonds is 3. The maximum atomic E-state index is 12.2. The number of nitrogens with zero attached hydrogens (tertiary/aromatic N) is 2. The molecule has 1 unspecified atom stereocenters. The van der Waals surface area contributed by atoms with Crippen molar-refractivity contribution in [1.82, 2.24) is 9.88 Å². The quantitative estimate of drug-likeness (QED) is 0.843. The molecule has 1 aromatic rings. The number of aromatic nitrogens is 1. The molecule has 4 heteroatoms. The molecule has 1 aliphatic rings. The lowest BCUT2D eigenvalue weighted by Crippen LogP contribution is -2.40. The number of hydrogen-bond donors (Lipinski definition) is 1. The summed E-state index contributed by atoms with van der Waals surface area (Å²) in [6.45, 7) is 3.39. The number of nitrogens with two attached hydrogens (primary N) is 1. The molecule has 1 fully saturated rings. The molecule has 0 radical (unpaired) electrons. The summed E-state index contributed by atoms with van der Waals surface area (Å²) in [5, 5.41) is 0. The van der Waals surface area contributed by atoms with Gasteiger partial charge in [-0.2, -0.15) is 0 Å². The zero-order chi connectivity index (χ0) is 12.3. The number of pyridine rings is 1. The minimum Gasteiger partial charge on any atom is -0.338 e. The SMILES string of the molecule is Cc1cccnc1CC(=O)N1CCCC1CN. The first-order valence-corrected chi connectivity index (χ1v) is 6.12. The third-order valence-electron chi connectivity index (χ3n) is 3.41. The van der Waals surface area contributed by atoms with E-state index in [2.05, 4.69) is 4.98 Å². The maximum Gasteiger partial charge on any atom is 0.228 e. The molecule has 1 saturated heterocycles. The standard InChI is InChI=1S/C13H19N3O/c1-10-4-2-6-15-12(10)8-13(17)16-7-3-5-11(16)9-14/h2,4,6,11H,3,5,7-9,14H2,1H3. The number of carbonyl (C=O) groups is 1. The zero-order valence-electron chi connectivity index (χ0n) is 10.2. The van der Waals surface area contributed by atoms with Gasteiger partial charge in [-0.15, -0.1) is 0 Å². The van der Waals surface area contributed by atoms with Crippen molar-refractivity contribution in [2.75, 3.05) is 13.1 Å². The highest BCUT2D eigenvalue weighted by atomic mass is 16.2. The first-order chi connectivity index (χ1) is 8.22. The summed E-state index contributed by atoms with van der Waals surface area (Å²) >= 11 is 0. The van der Waals surface area contributed by atoms with E-state index >= 15 is 0 Å². The van der Waals surface area contributed by atoms with Crippen LogP contribution in [0.5, 0.6) is 0 Å². The fourth-order valence-electron chi connectivity index (χ4n) is 2.36. The van der Waals surface area contributed by atoms with Crippen LogP contribution >= 0.6 is 0 Å². The summed E-state index contributed by atoms with van der Waals surface area (Å²) < 4.78 is 0. The number of likely N-dealkylation sites (tertiary alicyclic amines) is 1. The molecule has 0 saturated carbocycles. The lowest BCUT2D eigenvalue weighted by molar-refractivity contribution is -0.131. The number of amides is 1. The Morgan fingerprint density at radius 1 is 1.65 bits per heavy atom. The van der Waals surface area contributed by atoms with Crippen molar-refractivity contribution < 1.29 is 4.79 Å². The smallest absolute Gasteiger partial charge is 0.228 e. The van der Waals surface area contributed by atoms with Gasteiger partial charge < -0.3 is 10.6 Å². The highest BCUT2D eigenvalue weighted by molar-refractivity contribution is 5.79. The van der Waals surface area contributed by atoms with Gasteiger partial charge >= 0.3 is 0 Å². The van der Waals surface area contributed by atoms with Crippen molar-refractivity contribution in [2.24, 2.45) is 5.73 Å². The highest BCUT2D eigenvalue weighted by Crippen LogP contribution is 2.17. The van der Waals surface area contributed by atoms with Crippen LogP contribution in [-0.4, -0.2) is 34.9 Å². The van der Waals surface area contributed by atoms with Crippen molar-refractivity contribution in [3.05, 3.63) is 29.6 Å². The second-order valence-corrected chi connectivity index (χ2v) is 4.56. The van der Waals surface area contributed by atoms with Crippen molar-refractivity contribution in [3.63, 3.8) is 0 Å². The Morgan fingerprint density at radius 2 is 2.47 bits per heavy atom. The molecular weight excluding hydrogens is 214 g/mol. The molecule has 2 N–H and O–H groups in total. The van der Waals surface area contributed by atoms with E-state index in [1.54, 1.807) is 6.20 Å². The molecule has 2 rings (SSSR count). The van der Waals surface area contributed by atoms with Crippen LogP contribution in [0.15, 0.2) is 18.3 Å². The van der Waals surface area contributed by atoms with Crippen molar-refractivity contribution in [3.8, 4) is 0 Å². The van der Waals surface area contributed by atoms with E-state index in [9.17, 15) is 4.79 Å². The van der Waals surface area contributed by atoms with Crippen LogP contribution < -0.4 is 5.73 Å². The van der Waals surface area contributed by atoms with E-state index in [4.69, 9.17) is 5.73 Å². The second-order valence-electron chi connectivity index (χ2n) is 4.56. The van der Waals surface area contributed by atoms with E-state index in [1.807, 2.05) is 24.0 Å². The second kappa shape index (κ2) is 5.27. The number of carbonyl (C=O) groups excluding carboxylic acids is 1. The molecule has 1 atom stereocenters. The van der Waals surface area contributed by atoms with Crippen LogP contribution in [0.4, 0.5) is 0 Å². The summed E-state index contributed by atoms with van der Waals surface area (Å²) in [4.78, 5) is 18.3. The van der Waals surface area contributed by atoms with Gasteiger partial charge in [-0.25, -0.2) is 0 Å².